The number of fused-ring (bicyclic) bond motifs is 3. The van der Waals surface area contributed by atoms with Gasteiger partial charge in [0, 0.05) is 23.7 Å². The molecule has 1 atom stereocenters. The van der Waals surface area contributed by atoms with E-state index in [9.17, 15) is 4.79 Å². The van der Waals surface area contributed by atoms with Crippen LogP contribution in [-0.2, 0) is 27.3 Å². The molecule has 1 aromatic rings. The minimum atomic E-state index is -0.574. The van der Waals surface area contributed by atoms with Gasteiger partial charge in [-0.3, -0.25) is 0 Å². The first-order chi connectivity index (χ1) is 8.79. The first-order valence-corrected chi connectivity index (χ1v) is 5.91. The highest BCUT2D eigenvalue weighted by Gasteiger charge is 2.33. The summed E-state index contributed by atoms with van der Waals surface area (Å²) in [6, 6.07) is 0. The molecule has 94 valence electrons. The summed E-state index contributed by atoms with van der Waals surface area (Å²) >= 11 is 0. The van der Waals surface area contributed by atoms with Crippen LogP contribution in [0.3, 0.4) is 0 Å². The number of nitrogens with zero attached hydrogens (tertiary/aromatic N) is 1. The number of esters is 1. The number of hydrogen-bond acceptors (Lipinski definition) is 5. The van der Waals surface area contributed by atoms with Gasteiger partial charge in [-0.15, -0.1) is 0 Å². The largest absolute Gasteiger partial charge is 0.496 e. The van der Waals surface area contributed by atoms with Crippen LogP contribution in [0.4, 0.5) is 0 Å². The first-order valence-electron chi connectivity index (χ1n) is 5.91. The second kappa shape index (κ2) is 4.33. The number of pyridine rings is 1. The molecular weight excluding hydrogens is 234 g/mol. The Morgan fingerprint density at radius 2 is 2.50 bits per heavy atom. The molecule has 0 fully saturated rings. The van der Waals surface area contributed by atoms with Crippen molar-refractivity contribution in [2.45, 2.75) is 26.1 Å². The Morgan fingerprint density at radius 3 is 3.33 bits per heavy atom. The van der Waals surface area contributed by atoms with Crippen LogP contribution >= 0.6 is 0 Å². The van der Waals surface area contributed by atoms with Gasteiger partial charge < -0.3 is 14.2 Å². The van der Waals surface area contributed by atoms with Gasteiger partial charge in [-0.05, 0) is 18.6 Å². The number of aromatic nitrogens is 1. The minimum absolute atomic E-state index is 0.333. The third-order valence-electron chi connectivity index (χ3n) is 3.03. The summed E-state index contributed by atoms with van der Waals surface area (Å²) in [7, 11) is 0. The van der Waals surface area contributed by atoms with Crippen molar-refractivity contribution in [1.82, 2.24) is 4.98 Å². The van der Waals surface area contributed by atoms with E-state index in [0.29, 0.717) is 25.5 Å². The molecule has 3 rings (SSSR count). The van der Waals surface area contributed by atoms with Crippen molar-refractivity contribution in [1.29, 1.82) is 0 Å². The molecule has 1 unspecified atom stereocenters. The molecule has 0 aliphatic carbocycles. The Balaban J connectivity index is 1.90. The summed E-state index contributed by atoms with van der Waals surface area (Å²) in [6.45, 7) is 2.64. The summed E-state index contributed by atoms with van der Waals surface area (Å²) in [6.07, 6.45) is 5.20. The predicted molar refractivity (Wildman–Crippen MR) is 62.8 cm³/mol. The topological polar surface area (TPSA) is 57.7 Å². The number of ether oxygens (including phenoxy) is 3. The third kappa shape index (κ3) is 1.72. The lowest BCUT2D eigenvalue weighted by molar-refractivity contribution is -0.150. The number of carbonyl (C=O) groups is 1. The molecule has 2 aliphatic heterocycles. The summed E-state index contributed by atoms with van der Waals surface area (Å²) in [5.74, 6) is 0.193. The van der Waals surface area contributed by atoms with Crippen LogP contribution in [0, 0.1) is 0 Å². The van der Waals surface area contributed by atoms with Crippen molar-refractivity contribution in [3.63, 3.8) is 0 Å². The second-order valence-electron chi connectivity index (χ2n) is 4.16. The normalized spacial score (nSPS) is 19.5. The summed E-state index contributed by atoms with van der Waals surface area (Å²) < 4.78 is 15.7. The molecule has 18 heavy (non-hydrogen) atoms. The summed E-state index contributed by atoms with van der Waals surface area (Å²) in [5, 5.41) is 0. The maximum absolute atomic E-state index is 11.7. The van der Waals surface area contributed by atoms with Gasteiger partial charge in [0.15, 0.2) is 0 Å². The van der Waals surface area contributed by atoms with Crippen molar-refractivity contribution in [2.75, 3.05) is 6.61 Å². The SMILES string of the molecule is CCOC(=O)C1Cc2c(ncc3c2C=COC3)O1. The fourth-order valence-corrected chi connectivity index (χ4v) is 2.20. The van der Waals surface area contributed by atoms with Crippen LogP contribution in [0.2, 0.25) is 0 Å². The maximum atomic E-state index is 11.7. The lowest BCUT2D eigenvalue weighted by Crippen LogP contribution is -2.27. The molecule has 0 bridgehead atoms. The molecule has 2 aliphatic rings. The molecule has 0 amide bonds. The quantitative estimate of drug-likeness (QED) is 0.740. The molecule has 1 aromatic heterocycles. The molecule has 0 saturated heterocycles. The van der Waals surface area contributed by atoms with Gasteiger partial charge >= 0.3 is 5.97 Å². The second-order valence-corrected chi connectivity index (χ2v) is 4.16. The van der Waals surface area contributed by atoms with Crippen LogP contribution in [-0.4, -0.2) is 23.7 Å². The van der Waals surface area contributed by atoms with Crippen molar-refractivity contribution in [2.24, 2.45) is 0 Å². The van der Waals surface area contributed by atoms with E-state index < -0.39 is 6.10 Å². The maximum Gasteiger partial charge on any atom is 0.347 e. The Hall–Kier alpha value is -2.04. The highest BCUT2D eigenvalue weighted by atomic mass is 16.6. The van der Waals surface area contributed by atoms with Crippen LogP contribution in [0.5, 0.6) is 5.88 Å². The molecule has 0 aromatic carbocycles. The van der Waals surface area contributed by atoms with Gasteiger partial charge in [0.1, 0.15) is 6.61 Å². The van der Waals surface area contributed by atoms with Crippen LogP contribution in [0.1, 0.15) is 23.6 Å². The minimum Gasteiger partial charge on any atom is -0.496 e. The van der Waals surface area contributed by atoms with E-state index in [1.54, 1.807) is 19.4 Å². The van der Waals surface area contributed by atoms with E-state index in [4.69, 9.17) is 14.2 Å². The van der Waals surface area contributed by atoms with Gasteiger partial charge in [0.2, 0.25) is 12.0 Å². The van der Waals surface area contributed by atoms with Crippen LogP contribution in [0.15, 0.2) is 12.5 Å². The highest BCUT2D eigenvalue weighted by Crippen LogP contribution is 2.34. The molecule has 5 nitrogen and oxygen atoms in total. The predicted octanol–water partition coefficient (Wildman–Crippen LogP) is 1.45. The third-order valence-corrected chi connectivity index (χ3v) is 3.03. The van der Waals surface area contributed by atoms with E-state index in [2.05, 4.69) is 4.98 Å². The zero-order valence-electron chi connectivity index (χ0n) is 10.0. The average Bonchev–Trinajstić information content (AvgIpc) is 2.83. The Morgan fingerprint density at radius 1 is 1.61 bits per heavy atom. The number of hydrogen-bond donors (Lipinski definition) is 0. The standard InChI is InChI=1S/C13H13NO4/c1-2-17-13(15)11-5-10-9-3-4-16-7-8(9)6-14-12(10)18-11/h3-4,6,11H,2,5,7H2,1H3. The van der Waals surface area contributed by atoms with Crippen LogP contribution < -0.4 is 4.74 Å². The molecule has 0 N–H and O–H groups in total. The van der Waals surface area contributed by atoms with Gasteiger partial charge in [0.25, 0.3) is 0 Å². The van der Waals surface area contributed by atoms with Gasteiger partial charge in [-0.1, -0.05) is 0 Å². The highest BCUT2D eigenvalue weighted by molar-refractivity contribution is 5.77. The Labute approximate surface area is 104 Å². The van der Waals surface area contributed by atoms with Crippen molar-refractivity contribution in [3.05, 3.63) is 29.1 Å². The zero-order chi connectivity index (χ0) is 12.5. The van der Waals surface area contributed by atoms with Crippen molar-refractivity contribution < 1.29 is 19.0 Å². The van der Waals surface area contributed by atoms with E-state index in [1.807, 2.05) is 6.08 Å². The lowest BCUT2D eigenvalue weighted by atomic mass is 10.0. The first kappa shape index (κ1) is 11.1. The number of rotatable bonds is 2. The number of carbonyl (C=O) groups excluding carboxylic acids is 1. The van der Waals surface area contributed by atoms with Gasteiger partial charge in [-0.25, -0.2) is 9.78 Å². The molecule has 0 spiro atoms. The van der Waals surface area contributed by atoms with Crippen molar-refractivity contribution in [3.8, 4) is 5.88 Å². The van der Waals surface area contributed by atoms with Gasteiger partial charge in [-0.2, -0.15) is 0 Å². The smallest absolute Gasteiger partial charge is 0.347 e. The van der Waals surface area contributed by atoms with Gasteiger partial charge in [0.05, 0.1) is 12.9 Å². The monoisotopic (exact) mass is 247 g/mol. The molecule has 0 saturated carbocycles. The fraction of sp³-hybridized carbons (Fsp3) is 0.385. The fourth-order valence-electron chi connectivity index (χ4n) is 2.20. The average molecular weight is 247 g/mol. The van der Waals surface area contributed by atoms with E-state index >= 15 is 0 Å². The van der Waals surface area contributed by atoms with E-state index in [0.717, 1.165) is 16.7 Å². The summed E-state index contributed by atoms with van der Waals surface area (Å²) in [5.41, 5.74) is 3.03. The van der Waals surface area contributed by atoms with Crippen LogP contribution in [0.25, 0.3) is 6.08 Å². The molecular formula is C13H13NO4. The zero-order valence-corrected chi connectivity index (χ0v) is 10.0. The lowest BCUT2D eigenvalue weighted by Gasteiger charge is -2.13. The van der Waals surface area contributed by atoms with Crippen molar-refractivity contribution >= 4 is 12.0 Å². The molecule has 5 heteroatoms. The molecule has 0 radical (unpaired) electrons. The van der Waals surface area contributed by atoms with E-state index in [-0.39, 0.29) is 5.97 Å². The Kier molecular flexibility index (Phi) is 2.66. The molecule has 3 heterocycles. The van der Waals surface area contributed by atoms with E-state index in [1.165, 1.54) is 0 Å². The summed E-state index contributed by atoms with van der Waals surface area (Å²) in [4.78, 5) is 15.9. The Bertz CT molecular complexity index is 524.